The third-order valence-corrected chi connectivity index (χ3v) is 3.51. The highest BCUT2D eigenvalue weighted by Gasteiger charge is 2.08. The van der Waals surface area contributed by atoms with Crippen LogP contribution >= 0.6 is 27.3 Å². The van der Waals surface area contributed by atoms with Crippen LogP contribution in [0.2, 0.25) is 0 Å². The van der Waals surface area contributed by atoms with Gasteiger partial charge in [0.25, 0.3) is 0 Å². The van der Waals surface area contributed by atoms with Gasteiger partial charge < -0.3 is 5.11 Å². The van der Waals surface area contributed by atoms with Gasteiger partial charge in [-0.1, -0.05) is 0 Å². The second kappa shape index (κ2) is 4.16. The fourth-order valence-corrected chi connectivity index (χ4v) is 2.58. The molecule has 6 heteroatoms. The summed E-state index contributed by atoms with van der Waals surface area (Å²) in [5.41, 5.74) is 1.39. The van der Waals surface area contributed by atoms with E-state index in [0.29, 0.717) is 5.69 Å². The van der Waals surface area contributed by atoms with Crippen molar-refractivity contribution in [1.29, 1.82) is 0 Å². The normalized spacial score (nSPS) is 10.5. The Balaban J connectivity index is 2.23. The van der Waals surface area contributed by atoms with Gasteiger partial charge in [-0.2, -0.15) is 5.10 Å². The van der Waals surface area contributed by atoms with E-state index >= 15 is 0 Å². The summed E-state index contributed by atoms with van der Waals surface area (Å²) in [6.45, 7) is 0. The Hall–Kier alpha value is -1.14. The Labute approximate surface area is 98.1 Å². The monoisotopic (exact) mass is 286 g/mol. The van der Waals surface area contributed by atoms with Crippen LogP contribution in [-0.4, -0.2) is 21.3 Å². The lowest BCUT2D eigenvalue weighted by Gasteiger charge is -1.87. The number of thiophene rings is 1. The SMILES string of the molecule is O=C(O)Cc1cc(-c2cc(Br)cs2)n[nH]1. The van der Waals surface area contributed by atoms with Crippen LogP contribution in [0.4, 0.5) is 0 Å². The van der Waals surface area contributed by atoms with Gasteiger partial charge in [0, 0.05) is 15.5 Å². The number of carboxylic acids is 1. The number of nitrogens with zero attached hydrogens (tertiary/aromatic N) is 1. The van der Waals surface area contributed by atoms with Crippen LogP contribution in [0.3, 0.4) is 0 Å². The van der Waals surface area contributed by atoms with E-state index in [9.17, 15) is 4.79 Å². The maximum absolute atomic E-state index is 10.5. The van der Waals surface area contributed by atoms with Crippen molar-refractivity contribution in [3.05, 3.63) is 27.7 Å². The number of nitrogens with one attached hydrogen (secondary N) is 1. The lowest BCUT2D eigenvalue weighted by atomic mass is 10.2. The summed E-state index contributed by atoms with van der Waals surface area (Å²) in [6, 6.07) is 3.71. The third-order valence-electron chi connectivity index (χ3n) is 1.79. The minimum absolute atomic E-state index is 0.0282. The average molecular weight is 287 g/mol. The summed E-state index contributed by atoms with van der Waals surface area (Å²) < 4.78 is 1.00. The maximum Gasteiger partial charge on any atom is 0.309 e. The Morgan fingerprint density at radius 3 is 3.00 bits per heavy atom. The van der Waals surface area contributed by atoms with Gasteiger partial charge in [-0.3, -0.25) is 9.89 Å². The van der Waals surface area contributed by atoms with Crippen LogP contribution in [0.5, 0.6) is 0 Å². The number of carbonyl (C=O) groups is 1. The standard InChI is InChI=1S/C9H7BrN2O2S/c10-5-1-8(15-4-5)7-2-6(11-12-7)3-9(13)14/h1-2,4H,3H2,(H,11,12)(H,13,14). The zero-order chi connectivity index (χ0) is 10.8. The fraction of sp³-hybridized carbons (Fsp3) is 0.111. The van der Waals surface area contributed by atoms with Gasteiger partial charge in [0.2, 0.25) is 0 Å². The summed E-state index contributed by atoms with van der Waals surface area (Å²) in [6.07, 6.45) is -0.0282. The van der Waals surface area contributed by atoms with E-state index in [2.05, 4.69) is 26.1 Å². The topological polar surface area (TPSA) is 66.0 Å². The van der Waals surface area contributed by atoms with E-state index in [-0.39, 0.29) is 6.42 Å². The Bertz CT molecular complexity index is 492. The van der Waals surface area contributed by atoms with Crippen LogP contribution in [0.25, 0.3) is 10.6 Å². The molecule has 0 aliphatic heterocycles. The lowest BCUT2D eigenvalue weighted by Crippen LogP contribution is -1.99. The molecule has 2 rings (SSSR count). The molecule has 2 aromatic rings. The van der Waals surface area contributed by atoms with E-state index in [0.717, 1.165) is 15.0 Å². The predicted molar refractivity (Wildman–Crippen MR) is 60.9 cm³/mol. The molecule has 0 saturated heterocycles. The number of carboxylic acid groups (broad SMARTS) is 1. The first-order valence-corrected chi connectivity index (χ1v) is 5.83. The van der Waals surface area contributed by atoms with Crippen LogP contribution in [0.15, 0.2) is 22.0 Å². The number of aromatic amines is 1. The second-order valence-electron chi connectivity index (χ2n) is 2.98. The molecule has 2 N–H and O–H groups in total. The predicted octanol–water partition coefficient (Wildman–Crippen LogP) is 2.53. The molecule has 0 aliphatic rings. The molecule has 0 atom stereocenters. The Kier molecular flexibility index (Phi) is 2.88. The van der Waals surface area contributed by atoms with E-state index < -0.39 is 5.97 Å². The molecule has 4 nitrogen and oxygen atoms in total. The second-order valence-corrected chi connectivity index (χ2v) is 4.81. The summed E-state index contributed by atoms with van der Waals surface area (Å²) in [5.74, 6) is -0.863. The van der Waals surface area contributed by atoms with E-state index in [1.54, 1.807) is 17.4 Å². The Morgan fingerprint density at radius 2 is 2.40 bits per heavy atom. The molecule has 0 spiro atoms. The van der Waals surface area contributed by atoms with Gasteiger partial charge >= 0.3 is 5.97 Å². The van der Waals surface area contributed by atoms with Gasteiger partial charge in [0.15, 0.2) is 0 Å². The van der Waals surface area contributed by atoms with Gasteiger partial charge in [-0.25, -0.2) is 0 Å². The van der Waals surface area contributed by atoms with Crippen molar-refractivity contribution >= 4 is 33.2 Å². The summed E-state index contributed by atoms with van der Waals surface area (Å²) >= 11 is 4.91. The number of hydrogen-bond donors (Lipinski definition) is 2. The molecular weight excluding hydrogens is 280 g/mol. The van der Waals surface area contributed by atoms with Crippen LogP contribution in [0.1, 0.15) is 5.69 Å². The first kappa shape index (κ1) is 10.4. The van der Waals surface area contributed by atoms with Crippen molar-refractivity contribution in [2.24, 2.45) is 0 Å². The number of H-pyrrole nitrogens is 1. The molecule has 0 amide bonds. The number of rotatable bonds is 3. The first-order chi connectivity index (χ1) is 7.15. The molecule has 0 unspecified atom stereocenters. The van der Waals surface area contributed by atoms with Crippen molar-refractivity contribution in [3.8, 4) is 10.6 Å². The molecule has 0 aliphatic carbocycles. The van der Waals surface area contributed by atoms with Crippen molar-refractivity contribution in [2.45, 2.75) is 6.42 Å². The largest absolute Gasteiger partial charge is 0.481 e. The number of aliphatic carboxylic acids is 1. The molecule has 15 heavy (non-hydrogen) atoms. The number of halogens is 1. The number of aromatic nitrogens is 2. The van der Waals surface area contributed by atoms with E-state index in [4.69, 9.17) is 5.11 Å². The smallest absolute Gasteiger partial charge is 0.309 e. The summed E-state index contributed by atoms with van der Waals surface area (Å²) in [5, 5.41) is 17.3. The minimum Gasteiger partial charge on any atom is -0.481 e. The van der Waals surface area contributed by atoms with Crippen LogP contribution in [0, 0.1) is 0 Å². The number of hydrogen-bond acceptors (Lipinski definition) is 3. The van der Waals surface area contributed by atoms with Gasteiger partial charge in [0.05, 0.1) is 11.3 Å². The molecule has 2 aromatic heterocycles. The van der Waals surface area contributed by atoms with Crippen molar-refractivity contribution < 1.29 is 9.90 Å². The fourth-order valence-electron chi connectivity index (χ4n) is 1.19. The molecule has 2 heterocycles. The van der Waals surface area contributed by atoms with Gasteiger partial charge in [-0.15, -0.1) is 11.3 Å². The first-order valence-electron chi connectivity index (χ1n) is 4.15. The lowest BCUT2D eigenvalue weighted by molar-refractivity contribution is -0.136. The van der Waals surface area contributed by atoms with Crippen LogP contribution in [-0.2, 0) is 11.2 Å². The van der Waals surface area contributed by atoms with Crippen LogP contribution < -0.4 is 0 Å². The Morgan fingerprint density at radius 1 is 1.60 bits per heavy atom. The van der Waals surface area contributed by atoms with Gasteiger partial charge in [0.1, 0.15) is 5.69 Å². The molecule has 0 aromatic carbocycles. The zero-order valence-electron chi connectivity index (χ0n) is 7.53. The molecule has 0 saturated carbocycles. The van der Waals surface area contributed by atoms with E-state index in [1.165, 1.54) is 0 Å². The highest BCUT2D eigenvalue weighted by molar-refractivity contribution is 9.10. The molecule has 0 bridgehead atoms. The highest BCUT2D eigenvalue weighted by Crippen LogP contribution is 2.28. The maximum atomic E-state index is 10.5. The van der Waals surface area contributed by atoms with E-state index in [1.807, 2.05) is 11.4 Å². The van der Waals surface area contributed by atoms with Crippen molar-refractivity contribution in [3.63, 3.8) is 0 Å². The molecular formula is C9H7BrN2O2S. The minimum atomic E-state index is -0.863. The third kappa shape index (κ3) is 2.45. The van der Waals surface area contributed by atoms with Gasteiger partial charge in [-0.05, 0) is 28.1 Å². The molecule has 78 valence electrons. The molecule has 0 radical (unpaired) electrons. The van der Waals surface area contributed by atoms with Crippen molar-refractivity contribution in [2.75, 3.05) is 0 Å². The summed E-state index contributed by atoms with van der Waals surface area (Å²) in [7, 11) is 0. The summed E-state index contributed by atoms with van der Waals surface area (Å²) in [4.78, 5) is 11.5. The highest BCUT2D eigenvalue weighted by atomic mass is 79.9. The quantitative estimate of drug-likeness (QED) is 0.911. The average Bonchev–Trinajstić information content (AvgIpc) is 2.72. The van der Waals surface area contributed by atoms with Crippen molar-refractivity contribution in [1.82, 2.24) is 10.2 Å². The molecule has 0 fully saturated rings. The zero-order valence-corrected chi connectivity index (χ0v) is 9.93.